The monoisotopic (exact) mass is 611 g/mol. The van der Waals surface area contributed by atoms with Crippen LogP contribution in [0.25, 0.3) is 11.3 Å². The van der Waals surface area contributed by atoms with Crippen LogP contribution in [-0.2, 0) is 28.6 Å². The van der Waals surface area contributed by atoms with E-state index in [0.717, 1.165) is 0 Å². The molecule has 0 amide bonds. The predicted molar refractivity (Wildman–Crippen MR) is 156 cm³/mol. The SMILES string of the molecule is CCC(=O)OC[C@@]1(C)[C@@H]2C[C@H](OC(=O)CC)[C@@]3(C)Oc4cc(-c5cccnc5)oc(=O)c4[C@H](O)[C@@H]3[C@@]2(C)CC[C@@H]1OC(C)=O. The van der Waals surface area contributed by atoms with Gasteiger partial charge in [0.25, 0.3) is 0 Å². The summed E-state index contributed by atoms with van der Waals surface area (Å²) in [5.74, 6) is -2.05. The third-order valence-electron chi connectivity index (χ3n) is 10.2. The first-order valence-corrected chi connectivity index (χ1v) is 15.3. The van der Waals surface area contributed by atoms with E-state index in [1.165, 1.54) is 6.92 Å². The number of esters is 3. The fraction of sp³-hybridized carbons (Fsp3) is 0.606. The van der Waals surface area contributed by atoms with E-state index in [0.29, 0.717) is 18.4 Å². The fourth-order valence-corrected chi connectivity index (χ4v) is 8.16. The Balaban J connectivity index is 1.66. The number of pyridine rings is 1. The second-order valence-corrected chi connectivity index (χ2v) is 12.9. The molecule has 3 heterocycles. The minimum Gasteiger partial charge on any atom is -0.482 e. The molecule has 0 aromatic carbocycles. The molecule has 2 saturated carbocycles. The number of aliphatic hydroxyl groups excluding tert-OH is 1. The molecule has 2 fully saturated rings. The standard InChI is InChI=1S/C33H41NO10/c1-7-25(36)40-17-32(5)22-15-24(43-26(37)8-2)33(6)29(31(22,4)12-11-23(32)41-18(3)35)28(38)27-21(44-33)14-20(42-30(27)39)19-10-9-13-34-16-19/h9-10,13-14,16,22-24,28-29,38H,7-8,11-12,15,17H2,1-6H3/t22-,23+,24+,28+,29-,31+,32+,33-/m1/s1. The van der Waals surface area contributed by atoms with Crippen LogP contribution in [0.4, 0.5) is 0 Å². The Labute approximate surface area is 256 Å². The summed E-state index contributed by atoms with van der Waals surface area (Å²) in [5.41, 5.74) is -3.09. The molecule has 0 bridgehead atoms. The van der Waals surface area contributed by atoms with Gasteiger partial charge in [0.05, 0.1) is 6.10 Å². The van der Waals surface area contributed by atoms with Crippen LogP contribution in [0.1, 0.15) is 85.3 Å². The summed E-state index contributed by atoms with van der Waals surface area (Å²) in [6.45, 7) is 10.4. The molecule has 238 valence electrons. The first kappa shape index (κ1) is 31.7. The van der Waals surface area contributed by atoms with Crippen molar-refractivity contribution in [3.05, 3.63) is 46.6 Å². The topological polar surface area (TPSA) is 151 Å². The van der Waals surface area contributed by atoms with E-state index in [1.54, 1.807) is 44.4 Å². The maximum Gasteiger partial charge on any atom is 0.345 e. The third kappa shape index (κ3) is 5.18. The van der Waals surface area contributed by atoms with Crippen LogP contribution < -0.4 is 10.4 Å². The van der Waals surface area contributed by atoms with Gasteiger partial charge in [0.2, 0.25) is 0 Å². The average Bonchev–Trinajstić information content (AvgIpc) is 2.98. The van der Waals surface area contributed by atoms with Crippen molar-refractivity contribution in [3.63, 3.8) is 0 Å². The van der Waals surface area contributed by atoms with Crippen molar-refractivity contribution in [2.45, 2.75) is 97.6 Å². The molecule has 0 unspecified atom stereocenters. The summed E-state index contributed by atoms with van der Waals surface area (Å²) in [6, 6.07) is 5.02. The summed E-state index contributed by atoms with van der Waals surface area (Å²) >= 11 is 0. The summed E-state index contributed by atoms with van der Waals surface area (Å²) in [5, 5.41) is 12.2. The zero-order valence-corrected chi connectivity index (χ0v) is 26.1. The Morgan fingerprint density at radius 3 is 2.45 bits per heavy atom. The van der Waals surface area contributed by atoms with Crippen molar-refractivity contribution < 1.29 is 42.9 Å². The second-order valence-electron chi connectivity index (χ2n) is 12.9. The Kier molecular flexibility index (Phi) is 8.39. The largest absolute Gasteiger partial charge is 0.482 e. The molecule has 5 rings (SSSR count). The summed E-state index contributed by atoms with van der Waals surface area (Å²) in [6.07, 6.45) is 1.86. The predicted octanol–water partition coefficient (Wildman–Crippen LogP) is 4.54. The first-order chi connectivity index (χ1) is 20.8. The zero-order valence-electron chi connectivity index (χ0n) is 26.1. The van der Waals surface area contributed by atoms with E-state index >= 15 is 0 Å². The molecule has 0 radical (unpaired) electrons. The smallest absolute Gasteiger partial charge is 0.345 e. The Bertz CT molecular complexity index is 1490. The second kappa shape index (κ2) is 11.6. The lowest BCUT2D eigenvalue weighted by atomic mass is 9.42. The minimum atomic E-state index is -1.34. The quantitative estimate of drug-likeness (QED) is 0.347. The van der Waals surface area contributed by atoms with Crippen molar-refractivity contribution in [1.82, 2.24) is 4.98 Å². The summed E-state index contributed by atoms with van der Waals surface area (Å²) in [7, 11) is 0. The Morgan fingerprint density at radius 2 is 1.82 bits per heavy atom. The molecule has 2 aromatic heterocycles. The number of aromatic nitrogens is 1. The first-order valence-electron chi connectivity index (χ1n) is 15.3. The third-order valence-corrected chi connectivity index (χ3v) is 10.2. The van der Waals surface area contributed by atoms with Crippen molar-refractivity contribution in [2.75, 3.05) is 6.61 Å². The molecule has 0 spiro atoms. The number of hydrogen-bond acceptors (Lipinski definition) is 11. The lowest BCUT2D eigenvalue weighted by Crippen LogP contribution is -2.71. The van der Waals surface area contributed by atoms with Crippen LogP contribution in [0.3, 0.4) is 0 Å². The Hall–Kier alpha value is -3.73. The molecule has 0 saturated heterocycles. The van der Waals surface area contributed by atoms with Gasteiger partial charge < -0.3 is 28.5 Å². The lowest BCUT2D eigenvalue weighted by molar-refractivity contribution is -0.271. The summed E-state index contributed by atoms with van der Waals surface area (Å²) < 4.78 is 29.9. The lowest BCUT2D eigenvalue weighted by Gasteiger charge is -2.66. The number of nitrogens with zero attached hydrogens (tertiary/aromatic N) is 1. The van der Waals surface area contributed by atoms with Crippen LogP contribution >= 0.6 is 0 Å². The number of hydrogen-bond donors (Lipinski definition) is 1. The van der Waals surface area contributed by atoms with Crippen LogP contribution in [0, 0.1) is 22.7 Å². The van der Waals surface area contributed by atoms with Gasteiger partial charge in [0.1, 0.15) is 41.5 Å². The molecule has 2 aliphatic carbocycles. The molecule has 8 atom stereocenters. The molecular formula is C33H41NO10. The van der Waals surface area contributed by atoms with E-state index in [4.69, 9.17) is 23.4 Å². The van der Waals surface area contributed by atoms with Crippen LogP contribution in [0.5, 0.6) is 5.75 Å². The van der Waals surface area contributed by atoms with Gasteiger partial charge >= 0.3 is 23.5 Å². The molecule has 1 aliphatic heterocycles. The number of carbonyl (C=O) groups is 3. The number of rotatable bonds is 7. The van der Waals surface area contributed by atoms with E-state index in [9.17, 15) is 24.3 Å². The average molecular weight is 612 g/mol. The normalized spacial score (nSPS) is 33.9. The highest BCUT2D eigenvalue weighted by molar-refractivity contribution is 5.70. The van der Waals surface area contributed by atoms with Gasteiger partial charge in [-0.1, -0.05) is 27.7 Å². The summed E-state index contributed by atoms with van der Waals surface area (Å²) in [4.78, 5) is 55.0. The van der Waals surface area contributed by atoms with E-state index in [2.05, 4.69) is 4.98 Å². The van der Waals surface area contributed by atoms with Crippen molar-refractivity contribution >= 4 is 17.9 Å². The van der Waals surface area contributed by atoms with Gasteiger partial charge in [-0.15, -0.1) is 0 Å². The minimum absolute atomic E-state index is 0.0104. The van der Waals surface area contributed by atoms with Crippen molar-refractivity contribution in [1.29, 1.82) is 0 Å². The molecule has 11 heteroatoms. The van der Waals surface area contributed by atoms with Gasteiger partial charge in [-0.2, -0.15) is 0 Å². The number of carbonyl (C=O) groups excluding carboxylic acids is 3. The van der Waals surface area contributed by atoms with Gasteiger partial charge in [0, 0.05) is 55.1 Å². The highest BCUT2D eigenvalue weighted by Crippen LogP contribution is 2.67. The highest BCUT2D eigenvalue weighted by Gasteiger charge is 2.70. The molecule has 2 aromatic rings. The van der Waals surface area contributed by atoms with Crippen LogP contribution in [0.2, 0.25) is 0 Å². The molecular weight excluding hydrogens is 570 g/mol. The maximum absolute atomic E-state index is 13.5. The zero-order chi connectivity index (χ0) is 32.0. The van der Waals surface area contributed by atoms with Gasteiger partial charge in [0.15, 0.2) is 0 Å². The van der Waals surface area contributed by atoms with Gasteiger partial charge in [-0.3, -0.25) is 19.4 Å². The highest BCUT2D eigenvalue weighted by atomic mass is 16.6. The number of ether oxygens (including phenoxy) is 4. The molecule has 11 nitrogen and oxygen atoms in total. The van der Waals surface area contributed by atoms with Crippen molar-refractivity contribution in [2.24, 2.45) is 22.7 Å². The molecule has 1 N–H and O–H groups in total. The number of aliphatic hydroxyl groups is 1. The van der Waals surface area contributed by atoms with Crippen LogP contribution in [0.15, 0.2) is 39.8 Å². The Morgan fingerprint density at radius 1 is 1.09 bits per heavy atom. The van der Waals surface area contributed by atoms with Crippen LogP contribution in [-0.4, -0.2) is 52.4 Å². The van der Waals surface area contributed by atoms with Gasteiger partial charge in [-0.05, 0) is 49.7 Å². The van der Waals surface area contributed by atoms with Crippen molar-refractivity contribution in [3.8, 4) is 17.1 Å². The molecule has 44 heavy (non-hydrogen) atoms. The van der Waals surface area contributed by atoms with E-state index in [1.807, 2.05) is 20.8 Å². The number of fused-ring (bicyclic) bond motifs is 4. The van der Waals surface area contributed by atoms with E-state index < -0.39 is 64.2 Å². The maximum atomic E-state index is 13.5. The molecule has 3 aliphatic rings. The van der Waals surface area contributed by atoms with Gasteiger partial charge in [-0.25, -0.2) is 4.79 Å². The van der Waals surface area contributed by atoms with E-state index in [-0.39, 0.29) is 48.9 Å². The fourth-order valence-electron chi connectivity index (χ4n) is 8.16.